The minimum absolute atomic E-state index is 0.0283. The third-order valence-electron chi connectivity index (χ3n) is 19.0. The quantitative estimate of drug-likeness (QED) is 0.146. The monoisotopic (exact) mass is 1040 g/mol. The highest BCUT2D eigenvalue weighted by Crippen LogP contribution is 2.56. The Kier molecular flexibility index (Phi) is 15.0. The van der Waals surface area contributed by atoms with Gasteiger partial charge in [0.05, 0.1) is 46.9 Å². The van der Waals surface area contributed by atoms with Gasteiger partial charge in [-0.15, -0.1) is 11.8 Å². The number of allylic oxidation sites excluding steroid dienone is 1. The number of nitrogens with one attached hydrogen (secondary N) is 5. The van der Waals surface area contributed by atoms with E-state index in [1.807, 2.05) is 6.07 Å². The molecule has 14 nitrogen and oxygen atoms in total. The number of piperidine rings is 1. The fourth-order valence-electron chi connectivity index (χ4n) is 15.3. The van der Waals surface area contributed by atoms with Gasteiger partial charge in [0, 0.05) is 98.1 Å². The smallest absolute Gasteiger partial charge is 0.225 e. The molecule has 0 bridgehead atoms. The van der Waals surface area contributed by atoms with Gasteiger partial charge in [-0.2, -0.15) is 5.26 Å². The first-order valence-corrected chi connectivity index (χ1v) is 29.2. The summed E-state index contributed by atoms with van der Waals surface area (Å²) in [5.41, 5.74) is 11.2. The standard InChI is InChI=1S/C57H82ClN11O3S/c1-35-36(2)73-51-47(35)48(62-45(28-46-60-23-26-71-46)49-65-64-37(3)69(49)51)39-17-15-38(16-18-39)31-66-25-22-57(33-66)21-12-24-67(34-57)54-61-30-41(32-68(54)42-13-10-8-9-11-14-42)50(70)63-52-55(4,5)53(56(52,6)7)72-43-20-19-40(29-59)44(58)27-43/h8,10,15-20,27,35-37,41-42,45-47,49,51-54,60-61,64-65H,9,11-14,21-26,28,30-34H2,1-7H3,(H,63,70)/t35?,36?,37?,41?,42?,45-,46?,47?,49?,51?,52?,53?,54?,57?/m1/s1. The number of benzene rings is 2. The number of ether oxygens (including phenoxy) is 2. The van der Waals surface area contributed by atoms with Crippen LogP contribution >= 0.6 is 23.4 Å². The second-order valence-corrected chi connectivity index (χ2v) is 26.5. The highest BCUT2D eigenvalue weighted by atomic mass is 35.5. The second kappa shape index (κ2) is 21.0. The highest BCUT2D eigenvalue weighted by Gasteiger charge is 2.64. The molecule has 16 heteroatoms. The first-order chi connectivity index (χ1) is 35.1. The number of amides is 1. The van der Waals surface area contributed by atoms with Crippen molar-refractivity contribution in [2.45, 2.75) is 166 Å². The predicted octanol–water partition coefficient (Wildman–Crippen LogP) is 7.10. The lowest BCUT2D eigenvalue weighted by molar-refractivity contribution is -0.176. The molecule has 11 unspecified atom stereocenters. The molecule has 2 aromatic carbocycles. The highest BCUT2D eigenvalue weighted by molar-refractivity contribution is 8.00. The van der Waals surface area contributed by atoms with Crippen LogP contribution in [0.25, 0.3) is 0 Å². The van der Waals surface area contributed by atoms with Crippen LogP contribution in [0.3, 0.4) is 0 Å². The van der Waals surface area contributed by atoms with Crippen LogP contribution in [0, 0.1) is 45.3 Å². The van der Waals surface area contributed by atoms with Crippen molar-refractivity contribution in [1.29, 1.82) is 5.26 Å². The summed E-state index contributed by atoms with van der Waals surface area (Å²) in [6.07, 6.45) is 14.0. The van der Waals surface area contributed by atoms with Crippen LogP contribution in [0.4, 0.5) is 0 Å². The molecule has 2 aromatic rings. The molecule has 9 aliphatic rings. The Morgan fingerprint density at radius 3 is 2.60 bits per heavy atom. The van der Waals surface area contributed by atoms with Crippen molar-refractivity contribution in [3.05, 3.63) is 76.3 Å². The number of nitrogens with zero attached hydrogens (tertiary/aromatic N) is 6. The SMILES string of the molecule is CC1SC2C(C(c3ccc(CN4CCC5(CCCN(C6NCC(C(=O)NC7C(C)(C)C(Oc8ccc(C#N)c(Cl)c8)C7(C)C)CN6C6CC=CCCC6)C5)C4)cc3)=N[C@H](CC3NCCO3)C3NNC(C)N23)C1C. The molecule has 1 spiro atoms. The third kappa shape index (κ3) is 10.1. The molecule has 0 radical (unpaired) electrons. The maximum atomic E-state index is 14.5. The normalized spacial score (nSPS) is 38.7. The fourth-order valence-corrected chi connectivity index (χ4v) is 17.3. The van der Waals surface area contributed by atoms with Crippen molar-refractivity contribution < 1.29 is 14.3 Å². The molecule has 1 saturated carbocycles. The number of hydrazine groups is 1. The van der Waals surface area contributed by atoms with Gasteiger partial charge in [0.2, 0.25) is 5.91 Å². The zero-order valence-corrected chi connectivity index (χ0v) is 46.0. The number of carbonyl (C=O) groups is 1. The van der Waals surface area contributed by atoms with Crippen LogP contribution in [0.5, 0.6) is 5.75 Å². The average molecular weight is 1040 g/mol. The summed E-state index contributed by atoms with van der Waals surface area (Å²) in [7, 11) is 0. The van der Waals surface area contributed by atoms with Crippen LogP contribution < -0.4 is 31.5 Å². The first-order valence-electron chi connectivity index (χ1n) is 27.9. The Balaban J connectivity index is 0.746. The van der Waals surface area contributed by atoms with Gasteiger partial charge in [-0.1, -0.05) is 89.6 Å². The number of halogens is 1. The average Bonchev–Trinajstić information content (AvgIpc) is 4.12. The van der Waals surface area contributed by atoms with Crippen LogP contribution in [0.15, 0.2) is 59.6 Å². The Morgan fingerprint density at radius 2 is 1.84 bits per heavy atom. The number of rotatable bonds is 11. The lowest BCUT2D eigenvalue weighted by Crippen LogP contribution is -2.76. The van der Waals surface area contributed by atoms with Crippen molar-refractivity contribution in [3.63, 3.8) is 0 Å². The largest absolute Gasteiger partial charge is 0.489 e. The molecule has 7 heterocycles. The number of hydrogen-bond acceptors (Lipinski definition) is 14. The Morgan fingerprint density at radius 1 is 1.01 bits per heavy atom. The number of hydrogen-bond donors (Lipinski definition) is 5. The van der Waals surface area contributed by atoms with Crippen LogP contribution in [0.1, 0.15) is 117 Å². The summed E-state index contributed by atoms with van der Waals surface area (Å²) in [6, 6.07) is 17.3. The summed E-state index contributed by atoms with van der Waals surface area (Å²) < 4.78 is 12.7. The number of thioether (sulfide) groups is 1. The molecule has 7 aliphatic heterocycles. The Hall–Kier alpha value is -3.11. The van der Waals surface area contributed by atoms with Crippen molar-refractivity contribution >= 4 is 35.0 Å². The fraction of sp³-hybridized carbons (Fsp3) is 0.702. The van der Waals surface area contributed by atoms with Crippen molar-refractivity contribution in [2.24, 2.45) is 39.0 Å². The Labute approximate surface area is 444 Å². The van der Waals surface area contributed by atoms with E-state index in [2.05, 4.69) is 149 Å². The van der Waals surface area contributed by atoms with E-state index in [-0.39, 0.29) is 71.1 Å². The van der Waals surface area contributed by atoms with Gasteiger partial charge in [0.1, 0.15) is 30.4 Å². The minimum atomic E-state index is -0.323. The summed E-state index contributed by atoms with van der Waals surface area (Å²) in [6.45, 7) is 24.3. The van der Waals surface area contributed by atoms with Crippen LogP contribution in [-0.4, -0.2) is 143 Å². The third-order valence-corrected chi connectivity index (χ3v) is 21.0. The van der Waals surface area contributed by atoms with Gasteiger partial charge >= 0.3 is 0 Å². The van der Waals surface area contributed by atoms with E-state index in [1.165, 1.54) is 42.5 Å². The summed E-state index contributed by atoms with van der Waals surface area (Å²) in [5, 5.41) is 21.8. The molecule has 6 saturated heterocycles. The first kappa shape index (κ1) is 52.0. The summed E-state index contributed by atoms with van der Waals surface area (Å²) in [5.74, 6) is 1.44. The van der Waals surface area contributed by atoms with Crippen molar-refractivity contribution in [1.82, 2.24) is 46.4 Å². The van der Waals surface area contributed by atoms with Crippen molar-refractivity contribution in [3.8, 4) is 11.8 Å². The van der Waals surface area contributed by atoms with E-state index in [4.69, 9.17) is 26.1 Å². The molecule has 0 aromatic heterocycles. The molecule has 73 heavy (non-hydrogen) atoms. The van der Waals surface area contributed by atoms with Crippen molar-refractivity contribution in [2.75, 3.05) is 52.4 Å². The molecule has 396 valence electrons. The lowest BCUT2D eigenvalue weighted by atomic mass is 9.49. The number of aliphatic imine (C=N–C) groups is 1. The maximum absolute atomic E-state index is 14.5. The predicted molar refractivity (Wildman–Crippen MR) is 291 cm³/mol. The van der Waals surface area contributed by atoms with E-state index in [9.17, 15) is 10.1 Å². The van der Waals surface area contributed by atoms with E-state index >= 15 is 0 Å². The molecule has 11 rings (SSSR count). The summed E-state index contributed by atoms with van der Waals surface area (Å²) >= 11 is 8.51. The zero-order valence-electron chi connectivity index (χ0n) is 44.4. The molecule has 1 amide bonds. The zero-order chi connectivity index (χ0) is 50.8. The van der Waals surface area contributed by atoms with E-state index < -0.39 is 0 Å². The molecule has 7 fully saturated rings. The van der Waals surface area contributed by atoms with Gasteiger partial charge < -0.3 is 14.8 Å². The van der Waals surface area contributed by atoms with Gasteiger partial charge in [-0.3, -0.25) is 40.0 Å². The summed E-state index contributed by atoms with van der Waals surface area (Å²) in [4.78, 5) is 31.1. The Bertz CT molecular complexity index is 2410. The maximum Gasteiger partial charge on any atom is 0.225 e. The molecular formula is C57H82ClN11O3S. The van der Waals surface area contributed by atoms with Gasteiger partial charge in [0.15, 0.2) is 0 Å². The topological polar surface area (TPSA) is 145 Å². The van der Waals surface area contributed by atoms with Gasteiger partial charge in [-0.05, 0) is 93.0 Å². The number of nitriles is 1. The molecule has 12 atom stereocenters. The van der Waals surface area contributed by atoms with Crippen LogP contribution in [0.2, 0.25) is 5.02 Å². The number of likely N-dealkylation sites (tertiary alicyclic amines) is 2. The molecule has 2 aliphatic carbocycles. The van der Waals surface area contributed by atoms with Gasteiger partial charge in [-0.25, -0.2) is 10.9 Å². The van der Waals surface area contributed by atoms with Crippen LogP contribution in [-0.2, 0) is 16.1 Å². The minimum Gasteiger partial charge on any atom is -0.489 e. The molecular weight excluding hydrogens is 954 g/mol. The van der Waals surface area contributed by atoms with E-state index in [0.29, 0.717) is 51.4 Å². The number of fused-ring (bicyclic) bond motifs is 3. The van der Waals surface area contributed by atoms with E-state index in [0.717, 1.165) is 78.1 Å². The second-order valence-electron chi connectivity index (χ2n) is 24.6. The lowest BCUT2D eigenvalue weighted by Gasteiger charge is -2.63. The number of carbonyl (C=O) groups excluding carboxylic acids is 1. The molecule has 5 N–H and O–H groups in total. The van der Waals surface area contributed by atoms with Gasteiger partial charge in [0.25, 0.3) is 0 Å². The van der Waals surface area contributed by atoms with E-state index in [1.54, 1.807) is 12.1 Å².